The maximum atomic E-state index is 10.6. The Morgan fingerprint density at radius 3 is 2.93 bits per heavy atom. The smallest absolute Gasteiger partial charge is 0.216 e. The zero-order chi connectivity index (χ0) is 11.1. The fourth-order valence-corrected chi connectivity index (χ4v) is 1.28. The van der Waals surface area contributed by atoms with Crippen LogP contribution in [0.4, 0.5) is 0 Å². The molecule has 1 aromatic rings. The Labute approximate surface area is 90.1 Å². The van der Waals surface area contributed by atoms with E-state index in [4.69, 9.17) is 0 Å². The quantitative estimate of drug-likeness (QED) is 0.704. The Kier molecular flexibility index (Phi) is 4.77. The summed E-state index contributed by atoms with van der Waals surface area (Å²) in [6, 6.07) is 4.21. The SMILES string of the molecule is CC(=O)NCCNC(C)c1cccnc1. The van der Waals surface area contributed by atoms with Crippen LogP contribution in [0.5, 0.6) is 0 Å². The van der Waals surface area contributed by atoms with Gasteiger partial charge in [0.25, 0.3) is 0 Å². The van der Waals surface area contributed by atoms with Gasteiger partial charge in [0.2, 0.25) is 5.91 Å². The number of amides is 1. The molecule has 1 heterocycles. The topological polar surface area (TPSA) is 54.0 Å². The maximum Gasteiger partial charge on any atom is 0.216 e. The first-order valence-electron chi connectivity index (χ1n) is 5.08. The van der Waals surface area contributed by atoms with E-state index in [0.717, 1.165) is 12.1 Å². The maximum absolute atomic E-state index is 10.6. The van der Waals surface area contributed by atoms with Gasteiger partial charge in [-0.05, 0) is 18.6 Å². The summed E-state index contributed by atoms with van der Waals surface area (Å²) >= 11 is 0. The van der Waals surface area contributed by atoms with E-state index < -0.39 is 0 Å². The van der Waals surface area contributed by atoms with Crippen LogP contribution in [-0.4, -0.2) is 24.0 Å². The monoisotopic (exact) mass is 207 g/mol. The second kappa shape index (κ2) is 6.14. The molecule has 0 saturated heterocycles. The molecule has 1 amide bonds. The molecule has 1 aromatic heterocycles. The molecule has 0 radical (unpaired) electrons. The zero-order valence-corrected chi connectivity index (χ0v) is 9.16. The molecule has 1 unspecified atom stereocenters. The third kappa shape index (κ3) is 4.56. The highest BCUT2D eigenvalue weighted by Gasteiger charge is 2.03. The van der Waals surface area contributed by atoms with Gasteiger partial charge in [0.1, 0.15) is 0 Å². The molecule has 0 aliphatic heterocycles. The molecule has 0 spiro atoms. The Morgan fingerprint density at radius 1 is 1.53 bits per heavy atom. The van der Waals surface area contributed by atoms with Crippen molar-refractivity contribution in [1.82, 2.24) is 15.6 Å². The molecular weight excluding hydrogens is 190 g/mol. The van der Waals surface area contributed by atoms with Gasteiger partial charge in [-0.25, -0.2) is 0 Å². The zero-order valence-electron chi connectivity index (χ0n) is 9.16. The van der Waals surface area contributed by atoms with Crippen LogP contribution in [0.2, 0.25) is 0 Å². The number of carbonyl (C=O) groups excluding carboxylic acids is 1. The van der Waals surface area contributed by atoms with Crippen LogP contribution in [0, 0.1) is 0 Å². The van der Waals surface area contributed by atoms with Gasteiger partial charge in [0, 0.05) is 38.4 Å². The number of nitrogens with zero attached hydrogens (tertiary/aromatic N) is 1. The molecular formula is C11H17N3O. The van der Waals surface area contributed by atoms with Crippen LogP contribution >= 0.6 is 0 Å². The summed E-state index contributed by atoms with van der Waals surface area (Å²) in [6.45, 7) is 5.00. The van der Waals surface area contributed by atoms with Gasteiger partial charge < -0.3 is 10.6 Å². The van der Waals surface area contributed by atoms with E-state index in [2.05, 4.69) is 22.5 Å². The highest BCUT2D eigenvalue weighted by Crippen LogP contribution is 2.08. The largest absolute Gasteiger partial charge is 0.355 e. The first kappa shape index (κ1) is 11.7. The lowest BCUT2D eigenvalue weighted by atomic mass is 10.1. The number of carbonyl (C=O) groups is 1. The lowest BCUT2D eigenvalue weighted by Gasteiger charge is -2.13. The van der Waals surface area contributed by atoms with Crippen molar-refractivity contribution in [1.29, 1.82) is 0 Å². The number of aromatic nitrogens is 1. The van der Waals surface area contributed by atoms with Crippen molar-refractivity contribution in [2.45, 2.75) is 19.9 Å². The normalized spacial score (nSPS) is 12.1. The molecule has 15 heavy (non-hydrogen) atoms. The Balaban J connectivity index is 2.25. The van der Waals surface area contributed by atoms with Gasteiger partial charge in [-0.3, -0.25) is 9.78 Å². The number of pyridine rings is 1. The highest BCUT2D eigenvalue weighted by molar-refractivity contribution is 5.72. The second-order valence-corrected chi connectivity index (χ2v) is 3.45. The van der Waals surface area contributed by atoms with Gasteiger partial charge >= 0.3 is 0 Å². The van der Waals surface area contributed by atoms with Crippen molar-refractivity contribution in [3.05, 3.63) is 30.1 Å². The summed E-state index contributed by atoms with van der Waals surface area (Å²) in [5.74, 6) is 0.00540. The fraction of sp³-hybridized carbons (Fsp3) is 0.455. The molecule has 0 aliphatic carbocycles. The molecule has 0 aromatic carbocycles. The third-order valence-electron chi connectivity index (χ3n) is 2.13. The Bertz CT molecular complexity index is 300. The summed E-state index contributed by atoms with van der Waals surface area (Å²) in [4.78, 5) is 14.7. The first-order valence-corrected chi connectivity index (χ1v) is 5.08. The molecule has 1 rings (SSSR count). The van der Waals surface area contributed by atoms with Crippen molar-refractivity contribution >= 4 is 5.91 Å². The molecule has 0 aliphatic rings. The molecule has 0 saturated carbocycles. The molecule has 4 heteroatoms. The number of hydrogen-bond donors (Lipinski definition) is 2. The number of rotatable bonds is 5. The summed E-state index contributed by atoms with van der Waals surface area (Å²) in [5, 5.41) is 6.03. The number of nitrogens with one attached hydrogen (secondary N) is 2. The van der Waals surface area contributed by atoms with Crippen molar-refractivity contribution in [2.24, 2.45) is 0 Å². The Morgan fingerprint density at radius 2 is 2.33 bits per heavy atom. The minimum Gasteiger partial charge on any atom is -0.355 e. The van der Waals surface area contributed by atoms with Crippen LogP contribution < -0.4 is 10.6 Å². The average Bonchev–Trinajstić information content (AvgIpc) is 2.25. The van der Waals surface area contributed by atoms with Gasteiger partial charge in [-0.2, -0.15) is 0 Å². The third-order valence-corrected chi connectivity index (χ3v) is 2.13. The minimum atomic E-state index is 0.00540. The van der Waals surface area contributed by atoms with E-state index in [1.165, 1.54) is 6.92 Å². The fourth-order valence-electron chi connectivity index (χ4n) is 1.28. The molecule has 0 fully saturated rings. The molecule has 1 atom stereocenters. The van der Waals surface area contributed by atoms with E-state index in [0.29, 0.717) is 6.54 Å². The van der Waals surface area contributed by atoms with Gasteiger partial charge in [0.15, 0.2) is 0 Å². The highest BCUT2D eigenvalue weighted by atomic mass is 16.1. The van der Waals surface area contributed by atoms with Gasteiger partial charge in [0.05, 0.1) is 0 Å². The summed E-state index contributed by atoms with van der Waals surface area (Å²) < 4.78 is 0. The van der Waals surface area contributed by atoms with Crippen molar-refractivity contribution in [3.63, 3.8) is 0 Å². The lowest BCUT2D eigenvalue weighted by molar-refractivity contribution is -0.118. The molecule has 0 bridgehead atoms. The van der Waals surface area contributed by atoms with Crippen molar-refractivity contribution < 1.29 is 4.79 Å². The summed E-state index contributed by atoms with van der Waals surface area (Å²) in [7, 11) is 0. The molecule has 82 valence electrons. The van der Waals surface area contributed by atoms with Crippen molar-refractivity contribution in [2.75, 3.05) is 13.1 Å². The van der Waals surface area contributed by atoms with E-state index in [9.17, 15) is 4.79 Å². The van der Waals surface area contributed by atoms with Crippen molar-refractivity contribution in [3.8, 4) is 0 Å². The van der Waals surface area contributed by atoms with Gasteiger partial charge in [-0.15, -0.1) is 0 Å². The van der Waals surface area contributed by atoms with Crippen LogP contribution in [0.3, 0.4) is 0 Å². The van der Waals surface area contributed by atoms with Crippen LogP contribution in [0.1, 0.15) is 25.5 Å². The van der Waals surface area contributed by atoms with E-state index in [-0.39, 0.29) is 11.9 Å². The number of hydrogen-bond acceptors (Lipinski definition) is 3. The van der Waals surface area contributed by atoms with Crippen LogP contribution in [-0.2, 0) is 4.79 Å². The average molecular weight is 207 g/mol. The second-order valence-electron chi connectivity index (χ2n) is 3.45. The standard InChI is InChI=1S/C11H17N3O/c1-9(11-4-3-5-12-8-11)13-6-7-14-10(2)15/h3-5,8-9,13H,6-7H2,1-2H3,(H,14,15). The van der Waals surface area contributed by atoms with E-state index >= 15 is 0 Å². The molecule has 4 nitrogen and oxygen atoms in total. The first-order chi connectivity index (χ1) is 7.20. The van der Waals surface area contributed by atoms with Crippen LogP contribution in [0.25, 0.3) is 0 Å². The Hall–Kier alpha value is -1.42. The summed E-state index contributed by atoms with van der Waals surface area (Å²) in [5.41, 5.74) is 1.15. The summed E-state index contributed by atoms with van der Waals surface area (Å²) in [6.07, 6.45) is 3.60. The van der Waals surface area contributed by atoms with Crippen LogP contribution in [0.15, 0.2) is 24.5 Å². The lowest BCUT2D eigenvalue weighted by Crippen LogP contribution is -2.31. The van der Waals surface area contributed by atoms with Gasteiger partial charge in [-0.1, -0.05) is 6.07 Å². The van der Waals surface area contributed by atoms with E-state index in [1.54, 1.807) is 6.20 Å². The molecule has 2 N–H and O–H groups in total. The predicted molar refractivity (Wildman–Crippen MR) is 59.3 cm³/mol. The minimum absolute atomic E-state index is 0.00540. The van der Waals surface area contributed by atoms with E-state index in [1.807, 2.05) is 18.3 Å². The predicted octanol–water partition coefficient (Wildman–Crippen LogP) is 0.868.